The van der Waals surface area contributed by atoms with Gasteiger partial charge in [-0.1, -0.05) is 25.7 Å². The normalized spacial score (nSPS) is 16.8. The molecule has 0 spiro atoms. The Morgan fingerprint density at radius 3 is 2.54 bits per heavy atom. The van der Waals surface area contributed by atoms with Crippen molar-refractivity contribution in [3.63, 3.8) is 0 Å². The third-order valence-electron chi connectivity index (χ3n) is 4.78. The van der Waals surface area contributed by atoms with Gasteiger partial charge in [-0.25, -0.2) is 4.98 Å². The van der Waals surface area contributed by atoms with Crippen LogP contribution >= 0.6 is 23.1 Å². The zero-order chi connectivity index (χ0) is 18.4. The molecule has 6 heteroatoms. The molecule has 1 heterocycles. The number of nitrogens with zero attached hydrogens (tertiary/aromatic N) is 1. The molecule has 0 aliphatic heterocycles. The van der Waals surface area contributed by atoms with Crippen LogP contribution in [0.5, 0.6) is 0 Å². The van der Waals surface area contributed by atoms with Crippen molar-refractivity contribution in [3.05, 3.63) is 45.9 Å². The number of thioether (sulfide) groups is 1. The van der Waals surface area contributed by atoms with Gasteiger partial charge in [0.2, 0.25) is 0 Å². The monoisotopic (exact) mass is 390 g/mol. The number of carbonyl (C=O) groups is 1. The number of hydrogen-bond acceptors (Lipinski definition) is 5. The van der Waals surface area contributed by atoms with Crippen molar-refractivity contribution in [1.82, 2.24) is 10.3 Å². The van der Waals surface area contributed by atoms with E-state index in [2.05, 4.69) is 15.7 Å². The van der Waals surface area contributed by atoms with E-state index in [9.17, 15) is 9.90 Å². The van der Waals surface area contributed by atoms with Crippen LogP contribution in [0.1, 0.15) is 59.6 Å². The summed E-state index contributed by atoms with van der Waals surface area (Å²) in [5.41, 5.74) is 0.986. The Bertz CT molecular complexity index is 720. The fraction of sp³-hybridized carbons (Fsp3) is 0.500. The van der Waals surface area contributed by atoms with Gasteiger partial charge in [0, 0.05) is 28.1 Å². The number of thiazole rings is 1. The van der Waals surface area contributed by atoms with Gasteiger partial charge in [-0.15, -0.1) is 23.1 Å². The van der Waals surface area contributed by atoms with Crippen molar-refractivity contribution in [1.29, 1.82) is 0 Å². The highest BCUT2D eigenvalue weighted by molar-refractivity contribution is 7.98. The maximum atomic E-state index is 12.4. The first-order valence-electron chi connectivity index (χ1n) is 9.19. The van der Waals surface area contributed by atoms with Crippen molar-refractivity contribution in [3.8, 4) is 0 Å². The lowest BCUT2D eigenvalue weighted by Crippen LogP contribution is -2.42. The van der Waals surface area contributed by atoms with Gasteiger partial charge in [-0.3, -0.25) is 4.79 Å². The van der Waals surface area contributed by atoms with Gasteiger partial charge in [0.15, 0.2) is 0 Å². The predicted molar refractivity (Wildman–Crippen MR) is 108 cm³/mol. The first-order chi connectivity index (χ1) is 12.5. The predicted octanol–water partition coefficient (Wildman–Crippen LogP) is 4.56. The van der Waals surface area contributed by atoms with Gasteiger partial charge >= 0.3 is 0 Å². The second-order valence-electron chi connectivity index (χ2n) is 6.99. The van der Waals surface area contributed by atoms with Crippen LogP contribution in [-0.2, 0) is 5.75 Å². The summed E-state index contributed by atoms with van der Waals surface area (Å²) in [5.74, 6) is 0.720. The molecular formula is C20H26N2O2S2. The summed E-state index contributed by atoms with van der Waals surface area (Å²) < 4.78 is 0. The van der Waals surface area contributed by atoms with Gasteiger partial charge in [-0.2, -0.15) is 0 Å². The van der Waals surface area contributed by atoms with E-state index in [1.54, 1.807) is 23.1 Å². The summed E-state index contributed by atoms with van der Waals surface area (Å²) in [4.78, 5) is 18.0. The van der Waals surface area contributed by atoms with Gasteiger partial charge in [0.1, 0.15) is 0 Å². The zero-order valence-corrected chi connectivity index (χ0v) is 16.8. The Labute approximate surface area is 163 Å². The van der Waals surface area contributed by atoms with E-state index >= 15 is 0 Å². The van der Waals surface area contributed by atoms with Crippen LogP contribution in [0.4, 0.5) is 0 Å². The molecule has 1 aliphatic rings. The van der Waals surface area contributed by atoms with Crippen LogP contribution in [0.3, 0.4) is 0 Å². The Morgan fingerprint density at radius 1 is 1.23 bits per heavy atom. The number of amides is 1. The van der Waals surface area contributed by atoms with Gasteiger partial charge < -0.3 is 10.4 Å². The van der Waals surface area contributed by atoms with Gasteiger partial charge in [-0.05, 0) is 44.0 Å². The van der Waals surface area contributed by atoms with E-state index in [4.69, 9.17) is 0 Å². The molecule has 0 atom stereocenters. The lowest BCUT2D eigenvalue weighted by Gasteiger charge is -2.26. The summed E-state index contributed by atoms with van der Waals surface area (Å²) in [6.45, 7) is 2.35. The molecule has 0 bridgehead atoms. The van der Waals surface area contributed by atoms with Crippen molar-refractivity contribution in [2.75, 3.05) is 6.54 Å². The average molecular weight is 391 g/mol. The third kappa shape index (κ3) is 5.56. The Hall–Kier alpha value is -1.37. The summed E-state index contributed by atoms with van der Waals surface area (Å²) in [7, 11) is 0. The molecule has 0 radical (unpaired) electrons. The highest BCUT2D eigenvalue weighted by Crippen LogP contribution is 2.27. The fourth-order valence-electron chi connectivity index (χ4n) is 3.24. The second kappa shape index (κ2) is 9.02. The molecule has 1 fully saturated rings. The second-order valence-corrected chi connectivity index (χ2v) is 9.10. The van der Waals surface area contributed by atoms with Crippen LogP contribution in [0.25, 0.3) is 0 Å². The molecule has 0 unspecified atom stereocenters. The van der Waals surface area contributed by atoms with Crippen LogP contribution in [0.2, 0.25) is 0 Å². The number of aliphatic hydroxyl groups is 1. The van der Waals surface area contributed by atoms with E-state index in [-0.39, 0.29) is 5.91 Å². The van der Waals surface area contributed by atoms with Crippen LogP contribution in [0.15, 0.2) is 34.5 Å². The van der Waals surface area contributed by atoms with E-state index in [1.807, 2.05) is 31.2 Å². The van der Waals surface area contributed by atoms with Crippen LogP contribution in [-0.4, -0.2) is 28.1 Å². The number of benzene rings is 1. The maximum Gasteiger partial charge on any atom is 0.251 e. The van der Waals surface area contributed by atoms with Crippen LogP contribution in [0, 0.1) is 6.92 Å². The van der Waals surface area contributed by atoms with Crippen molar-refractivity contribution in [2.45, 2.75) is 61.7 Å². The zero-order valence-electron chi connectivity index (χ0n) is 15.2. The Morgan fingerprint density at radius 2 is 1.92 bits per heavy atom. The topological polar surface area (TPSA) is 62.2 Å². The highest BCUT2D eigenvalue weighted by Gasteiger charge is 2.28. The Kier molecular flexibility index (Phi) is 6.73. The van der Waals surface area contributed by atoms with Crippen molar-refractivity contribution < 1.29 is 9.90 Å². The SMILES string of the molecule is Cc1nc(CSc2ccc(C(=O)NCC3(O)CCCCCC3)cc2)cs1. The van der Waals surface area contributed by atoms with Gasteiger partial charge in [0.05, 0.1) is 16.3 Å². The minimum absolute atomic E-state index is 0.116. The molecule has 1 amide bonds. The third-order valence-corrected chi connectivity index (χ3v) is 6.65. The molecular weight excluding hydrogens is 364 g/mol. The van der Waals surface area contributed by atoms with E-state index in [1.165, 1.54) is 12.8 Å². The summed E-state index contributed by atoms with van der Waals surface area (Å²) in [6, 6.07) is 7.64. The number of carbonyl (C=O) groups excluding carboxylic acids is 1. The van der Waals surface area contributed by atoms with Crippen molar-refractivity contribution >= 4 is 29.0 Å². The minimum atomic E-state index is -0.742. The summed E-state index contributed by atoms with van der Waals surface area (Å²) in [6.07, 6.45) is 5.98. The largest absolute Gasteiger partial charge is 0.388 e. The molecule has 3 rings (SSSR count). The number of hydrogen-bond donors (Lipinski definition) is 2. The number of aryl methyl sites for hydroxylation is 1. The molecule has 1 saturated carbocycles. The Balaban J connectivity index is 1.50. The molecule has 2 N–H and O–H groups in total. The first kappa shape index (κ1) is 19.4. The lowest BCUT2D eigenvalue weighted by molar-refractivity contribution is 0.0246. The highest BCUT2D eigenvalue weighted by atomic mass is 32.2. The average Bonchev–Trinajstić information content (AvgIpc) is 2.94. The summed E-state index contributed by atoms with van der Waals surface area (Å²) >= 11 is 3.38. The molecule has 2 aromatic rings. The first-order valence-corrected chi connectivity index (χ1v) is 11.1. The molecule has 0 saturated heterocycles. The lowest BCUT2D eigenvalue weighted by atomic mass is 9.94. The molecule has 140 valence electrons. The van der Waals surface area contributed by atoms with E-state index < -0.39 is 5.60 Å². The standard InChI is InChI=1S/C20H26N2O2S2/c1-15-22-17(12-25-15)13-26-18-8-6-16(7-9-18)19(23)21-14-20(24)10-4-2-3-5-11-20/h6-9,12,24H,2-5,10-11,13-14H2,1H3,(H,21,23). The van der Waals surface area contributed by atoms with Gasteiger partial charge in [0.25, 0.3) is 5.91 Å². The van der Waals surface area contributed by atoms with E-state index in [0.717, 1.165) is 47.0 Å². The minimum Gasteiger partial charge on any atom is -0.388 e. The molecule has 4 nitrogen and oxygen atoms in total. The molecule has 1 aromatic heterocycles. The smallest absolute Gasteiger partial charge is 0.251 e. The quantitative estimate of drug-likeness (QED) is 0.561. The number of aromatic nitrogens is 1. The van der Waals surface area contributed by atoms with E-state index in [0.29, 0.717) is 12.1 Å². The number of nitrogens with one attached hydrogen (secondary N) is 1. The fourth-order valence-corrected chi connectivity index (χ4v) is 4.75. The van der Waals surface area contributed by atoms with Crippen LogP contribution < -0.4 is 5.32 Å². The summed E-state index contributed by atoms with van der Waals surface area (Å²) in [5, 5.41) is 16.7. The maximum absolute atomic E-state index is 12.4. The number of rotatable bonds is 6. The van der Waals surface area contributed by atoms with Crippen molar-refractivity contribution in [2.24, 2.45) is 0 Å². The molecule has 1 aromatic carbocycles. The molecule has 1 aliphatic carbocycles. The molecule has 26 heavy (non-hydrogen) atoms.